The number of nitrogens with two attached hydrogens (primary N) is 1. The third kappa shape index (κ3) is 5.33. The normalized spacial score (nSPS) is 18.7. The van der Waals surface area contributed by atoms with Crippen LogP contribution in [0.4, 0.5) is 13.2 Å². The van der Waals surface area contributed by atoms with E-state index in [9.17, 15) is 18.0 Å². The Morgan fingerprint density at radius 1 is 1.20 bits per heavy atom. The Morgan fingerprint density at radius 3 is 2.37 bits per heavy atom. The van der Waals surface area contributed by atoms with Crippen LogP contribution in [0.5, 0.6) is 0 Å². The zero-order valence-corrected chi connectivity index (χ0v) is 19.1. The number of halogens is 4. The van der Waals surface area contributed by atoms with Gasteiger partial charge in [0.2, 0.25) is 5.91 Å². The van der Waals surface area contributed by atoms with Crippen LogP contribution in [0.3, 0.4) is 0 Å². The van der Waals surface area contributed by atoms with E-state index in [1.54, 1.807) is 36.4 Å². The Bertz CT molecular complexity index is 899. The number of rotatable bonds is 6. The molecule has 1 aliphatic rings. The molecule has 30 heavy (non-hydrogen) atoms. The highest BCUT2D eigenvalue weighted by Gasteiger charge is 2.35. The third-order valence-corrected chi connectivity index (χ3v) is 7.03. The van der Waals surface area contributed by atoms with E-state index in [1.165, 1.54) is 6.07 Å². The van der Waals surface area contributed by atoms with Gasteiger partial charge >= 0.3 is 6.18 Å². The first-order chi connectivity index (χ1) is 14.1. The standard InChI is InChI=1S/C22H25F3IN3O/c1-28(2)18-9-10-29(13-18)12-17-8-7-16(11-19(17)22(23,24)25)20(26)14-3-5-15(6-4-14)21(27)30/h3-8,11,18,20H,9-10,12-13H2,1-2H3,(H2,27,30). The molecule has 2 N–H and O–H groups in total. The van der Waals surface area contributed by atoms with Crippen molar-refractivity contribution in [1.29, 1.82) is 0 Å². The summed E-state index contributed by atoms with van der Waals surface area (Å²) in [5, 5.41) is 0. The molecule has 2 aromatic carbocycles. The number of alkyl halides is 4. The molecule has 2 unspecified atom stereocenters. The second-order valence-corrected chi connectivity index (χ2v) is 9.15. The van der Waals surface area contributed by atoms with Gasteiger partial charge in [0.05, 0.1) is 9.49 Å². The maximum atomic E-state index is 13.8. The maximum absolute atomic E-state index is 13.8. The van der Waals surface area contributed by atoms with E-state index in [-0.39, 0.29) is 3.92 Å². The van der Waals surface area contributed by atoms with Crippen LogP contribution in [0, 0.1) is 0 Å². The molecule has 0 aromatic heterocycles. The first kappa shape index (κ1) is 23.0. The maximum Gasteiger partial charge on any atom is 0.416 e. The Balaban J connectivity index is 1.84. The number of carbonyl (C=O) groups excluding carboxylic acids is 1. The van der Waals surface area contributed by atoms with Crippen LogP contribution in [0.2, 0.25) is 0 Å². The minimum atomic E-state index is -4.42. The van der Waals surface area contributed by atoms with E-state index >= 15 is 0 Å². The van der Waals surface area contributed by atoms with E-state index < -0.39 is 17.6 Å². The molecule has 2 aromatic rings. The quantitative estimate of drug-likeness (QED) is 0.443. The highest BCUT2D eigenvalue weighted by molar-refractivity contribution is 14.1. The van der Waals surface area contributed by atoms with Crippen LogP contribution in [-0.4, -0.2) is 48.9 Å². The topological polar surface area (TPSA) is 49.6 Å². The first-order valence-corrected chi connectivity index (χ1v) is 10.9. The number of hydrogen-bond donors (Lipinski definition) is 1. The molecule has 1 saturated heterocycles. The van der Waals surface area contributed by atoms with Gasteiger partial charge < -0.3 is 10.6 Å². The number of nitrogens with zero attached hydrogens (tertiary/aromatic N) is 2. The Hall–Kier alpha value is -1.65. The van der Waals surface area contributed by atoms with Crippen LogP contribution in [0.25, 0.3) is 0 Å². The Kier molecular flexibility index (Phi) is 7.09. The largest absolute Gasteiger partial charge is 0.416 e. The minimum Gasteiger partial charge on any atom is -0.366 e. The van der Waals surface area contributed by atoms with E-state index in [0.717, 1.165) is 25.1 Å². The second-order valence-electron chi connectivity index (χ2n) is 7.90. The molecule has 1 fully saturated rings. The van der Waals surface area contributed by atoms with Crippen molar-refractivity contribution in [2.45, 2.75) is 29.1 Å². The smallest absolute Gasteiger partial charge is 0.366 e. The molecule has 0 bridgehead atoms. The lowest BCUT2D eigenvalue weighted by Gasteiger charge is -2.23. The summed E-state index contributed by atoms with van der Waals surface area (Å²) in [5.74, 6) is -0.534. The number of amides is 1. The molecule has 0 aliphatic carbocycles. The number of benzene rings is 2. The van der Waals surface area contributed by atoms with Crippen molar-refractivity contribution < 1.29 is 18.0 Å². The molecule has 1 amide bonds. The molecule has 0 radical (unpaired) electrons. The Labute approximate surface area is 188 Å². The summed E-state index contributed by atoms with van der Waals surface area (Å²) in [4.78, 5) is 15.4. The van der Waals surface area contributed by atoms with Gasteiger partial charge in [-0.05, 0) is 55.4 Å². The molecule has 1 heterocycles. The average molecular weight is 531 g/mol. The van der Waals surface area contributed by atoms with Crippen molar-refractivity contribution in [1.82, 2.24) is 9.80 Å². The number of likely N-dealkylation sites (tertiary alicyclic amines) is 1. The second kappa shape index (κ2) is 9.23. The van der Waals surface area contributed by atoms with Gasteiger partial charge in [0.15, 0.2) is 0 Å². The predicted octanol–water partition coefficient (Wildman–Crippen LogP) is 4.46. The molecule has 8 heteroatoms. The summed E-state index contributed by atoms with van der Waals surface area (Å²) in [7, 11) is 4.00. The average Bonchev–Trinajstić information content (AvgIpc) is 3.16. The first-order valence-electron chi connectivity index (χ1n) is 9.69. The monoisotopic (exact) mass is 531 g/mol. The van der Waals surface area contributed by atoms with Gasteiger partial charge in [-0.1, -0.05) is 46.9 Å². The molecule has 0 saturated carbocycles. The van der Waals surface area contributed by atoms with Crippen LogP contribution in [-0.2, 0) is 12.7 Å². The molecular formula is C22H25F3IN3O. The Morgan fingerprint density at radius 2 is 1.83 bits per heavy atom. The van der Waals surface area contributed by atoms with Gasteiger partial charge in [-0.2, -0.15) is 13.2 Å². The highest BCUT2D eigenvalue weighted by Crippen LogP contribution is 2.38. The summed E-state index contributed by atoms with van der Waals surface area (Å²) < 4.78 is 41.2. The summed E-state index contributed by atoms with van der Waals surface area (Å²) >= 11 is 2.12. The number of primary amides is 1. The minimum absolute atomic E-state index is 0.274. The fraction of sp³-hybridized carbons (Fsp3) is 0.409. The molecular weight excluding hydrogens is 506 g/mol. The number of hydrogen-bond acceptors (Lipinski definition) is 3. The van der Waals surface area contributed by atoms with E-state index in [1.807, 2.05) is 14.1 Å². The highest BCUT2D eigenvalue weighted by atomic mass is 127. The van der Waals surface area contributed by atoms with Crippen molar-refractivity contribution in [3.05, 3.63) is 70.3 Å². The fourth-order valence-corrected chi connectivity index (χ4v) is 4.58. The lowest BCUT2D eigenvalue weighted by molar-refractivity contribution is -0.138. The molecule has 162 valence electrons. The molecule has 4 nitrogen and oxygen atoms in total. The van der Waals surface area contributed by atoms with Crippen molar-refractivity contribution in [3.63, 3.8) is 0 Å². The van der Waals surface area contributed by atoms with Gasteiger partial charge in [-0.25, -0.2) is 0 Å². The van der Waals surface area contributed by atoms with Gasteiger partial charge in [0.25, 0.3) is 0 Å². The van der Waals surface area contributed by atoms with E-state index in [0.29, 0.717) is 29.3 Å². The van der Waals surface area contributed by atoms with Crippen LogP contribution in [0.1, 0.15) is 43.0 Å². The van der Waals surface area contributed by atoms with Crippen LogP contribution < -0.4 is 5.73 Å². The summed E-state index contributed by atoms with van der Waals surface area (Å²) in [6, 6.07) is 11.6. The summed E-state index contributed by atoms with van der Waals surface area (Å²) in [5.41, 5.74) is 6.74. The molecule has 3 rings (SSSR count). The predicted molar refractivity (Wildman–Crippen MR) is 120 cm³/mol. The summed E-state index contributed by atoms with van der Waals surface area (Å²) in [6.07, 6.45) is -3.46. The van der Waals surface area contributed by atoms with Crippen molar-refractivity contribution >= 4 is 28.5 Å². The lowest BCUT2D eigenvalue weighted by atomic mass is 9.98. The van der Waals surface area contributed by atoms with Gasteiger partial charge in [-0.3, -0.25) is 9.69 Å². The zero-order valence-electron chi connectivity index (χ0n) is 16.9. The van der Waals surface area contributed by atoms with E-state index in [2.05, 4.69) is 32.4 Å². The van der Waals surface area contributed by atoms with Gasteiger partial charge in [0.1, 0.15) is 0 Å². The third-order valence-electron chi connectivity index (χ3n) is 5.59. The van der Waals surface area contributed by atoms with E-state index in [4.69, 9.17) is 5.73 Å². The molecule has 1 aliphatic heterocycles. The molecule has 2 atom stereocenters. The van der Waals surface area contributed by atoms with Crippen LogP contribution >= 0.6 is 22.6 Å². The zero-order chi connectivity index (χ0) is 22.1. The SMILES string of the molecule is CN(C)C1CCN(Cc2ccc(C(I)c3ccc(C(N)=O)cc3)cc2C(F)(F)F)C1. The van der Waals surface area contributed by atoms with Crippen molar-refractivity contribution in [2.75, 3.05) is 27.2 Å². The van der Waals surface area contributed by atoms with Gasteiger partial charge in [0, 0.05) is 31.2 Å². The number of likely N-dealkylation sites (N-methyl/N-ethyl adjacent to an activating group) is 1. The van der Waals surface area contributed by atoms with Crippen molar-refractivity contribution in [3.8, 4) is 0 Å². The fourth-order valence-electron chi connectivity index (χ4n) is 3.78. The number of carbonyl (C=O) groups is 1. The summed E-state index contributed by atoms with van der Waals surface area (Å²) in [6.45, 7) is 1.86. The molecule has 0 spiro atoms. The lowest BCUT2D eigenvalue weighted by Crippen LogP contribution is -2.31. The van der Waals surface area contributed by atoms with Crippen molar-refractivity contribution in [2.24, 2.45) is 5.73 Å². The van der Waals surface area contributed by atoms with Crippen LogP contribution in [0.15, 0.2) is 42.5 Å². The van der Waals surface area contributed by atoms with Gasteiger partial charge in [-0.15, -0.1) is 0 Å².